The number of nitrogens with one attached hydrogen (secondary N) is 2. The summed E-state index contributed by atoms with van der Waals surface area (Å²) in [4.78, 5) is 0.164. The lowest BCUT2D eigenvalue weighted by atomic mass is 10.3. The van der Waals surface area contributed by atoms with Crippen LogP contribution in [0.2, 0.25) is 0 Å². The average Bonchev–Trinajstić information content (AvgIpc) is 2.75. The highest BCUT2D eigenvalue weighted by Gasteiger charge is 2.15. The highest BCUT2D eigenvalue weighted by atomic mass is 32.2. The van der Waals surface area contributed by atoms with E-state index in [1.807, 2.05) is 6.92 Å². The zero-order valence-electron chi connectivity index (χ0n) is 10.7. The van der Waals surface area contributed by atoms with Crippen LogP contribution in [0.25, 0.3) is 0 Å². The first-order valence-electron chi connectivity index (χ1n) is 5.79. The summed E-state index contributed by atoms with van der Waals surface area (Å²) in [6, 6.07) is 7.84. The van der Waals surface area contributed by atoms with Gasteiger partial charge in [0.1, 0.15) is 5.75 Å². The van der Waals surface area contributed by atoms with Crippen LogP contribution >= 0.6 is 0 Å². The molecule has 0 unspecified atom stereocenters. The molecule has 6 nitrogen and oxygen atoms in total. The molecule has 2 aromatic rings. The second-order valence-corrected chi connectivity index (χ2v) is 5.63. The Morgan fingerprint density at radius 3 is 2.53 bits per heavy atom. The molecular weight excluding hydrogens is 266 g/mol. The van der Waals surface area contributed by atoms with Crippen molar-refractivity contribution in [2.24, 2.45) is 0 Å². The van der Waals surface area contributed by atoms with E-state index in [0.717, 1.165) is 5.69 Å². The minimum Gasteiger partial charge on any atom is -0.494 e. The number of H-pyrrole nitrogens is 1. The van der Waals surface area contributed by atoms with Crippen LogP contribution in [0.4, 0.5) is 5.82 Å². The summed E-state index contributed by atoms with van der Waals surface area (Å²) >= 11 is 0. The standard InChI is InChI=1S/C12H15N3O3S/c1-3-18-10-4-6-11(7-5-10)19(16,17)15-12-8-9(2)13-14-12/h4-8H,3H2,1-2H3,(H2,13,14,15). The summed E-state index contributed by atoms with van der Waals surface area (Å²) in [5.74, 6) is 0.906. The fourth-order valence-corrected chi connectivity index (χ4v) is 2.54. The predicted molar refractivity (Wildman–Crippen MR) is 71.7 cm³/mol. The fourth-order valence-electron chi connectivity index (χ4n) is 1.55. The maximum atomic E-state index is 12.1. The Morgan fingerprint density at radius 2 is 2.00 bits per heavy atom. The van der Waals surface area contributed by atoms with Crippen LogP contribution in [-0.4, -0.2) is 25.2 Å². The Kier molecular flexibility index (Phi) is 3.75. The summed E-state index contributed by atoms with van der Waals surface area (Å²) < 4.78 is 31.8. The number of sulfonamides is 1. The molecule has 0 saturated carbocycles. The molecule has 0 saturated heterocycles. The molecule has 2 rings (SSSR count). The Hall–Kier alpha value is -2.02. The molecule has 7 heteroatoms. The second-order valence-electron chi connectivity index (χ2n) is 3.95. The van der Waals surface area contributed by atoms with Crippen LogP contribution in [0.1, 0.15) is 12.6 Å². The number of nitrogens with zero attached hydrogens (tertiary/aromatic N) is 1. The Morgan fingerprint density at radius 1 is 1.32 bits per heavy atom. The first-order chi connectivity index (χ1) is 9.01. The van der Waals surface area contributed by atoms with Crippen LogP contribution < -0.4 is 9.46 Å². The van der Waals surface area contributed by atoms with Crippen LogP contribution in [0.3, 0.4) is 0 Å². The lowest BCUT2D eigenvalue weighted by Gasteiger charge is -2.07. The van der Waals surface area contributed by atoms with Crippen molar-refractivity contribution in [1.29, 1.82) is 0 Å². The molecule has 0 aliphatic carbocycles. The van der Waals surface area contributed by atoms with E-state index in [2.05, 4.69) is 14.9 Å². The van der Waals surface area contributed by atoms with E-state index in [4.69, 9.17) is 4.74 Å². The van der Waals surface area contributed by atoms with E-state index in [1.54, 1.807) is 25.1 Å². The molecule has 102 valence electrons. The second kappa shape index (κ2) is 5.31. The maximum absolute atomic E-state index is 12.1. The number of hydrogen-bond acceptors (Lipinski definition) is 4. The van der Waals surface area contributed by atoms with Gasteiger partial charge in [0.15, 0.2) is 5.82 Å². The smallest absolute Gasteiger partial charge is 0.263 e. The molecule has 0 radical (unpaired) electrons. The third-order valence-corrected chi connectivity index (χ3v) is 3.76. The number of rotatable bonds is 5. The van der Waals surface area contributed by atoms with Crippen molar-refractivity contribution in [3.63, 3.8) is 0 Å². The minimum absolute atomic E-state index is 0.164. The van der Waals surface area contributed by atoms with Crippen molar-refractivity contribution in [1.82, 2.24) is 10.2 Å². The average molecular weight is 281 g/mol. The summed E-state index contributed by atoms with van der Waals surface area (Å²) in [6.07, 6.45) is 0. The van der Waals surface area contributed by atoms with Gasteiger partial charge in [-0.25, -0.2) is 8.42 Å². The molecular formula is C12H15N3O3S. The summed E-state index contributed by atoms with van der Waals surface area (Å²) in [5.41, 5.74) is 0.782. The fraction of sp³-hybridized carbons (Fsp3) is 0.250. The van der Waals surface area contributed by atoms with Crippen molar-refractivity contribution in [3.8, 4) is 5.75 Å². The lowest BCUT2D eigenvalue weighted by molar-refractivity contribution is 0.340. The van der Waals surface area contributed by atoms with Crippen LogP contribution in [0.5, 0.6) is 5.75 Å². The molecule has 0 aliphatic heterocycles. The van der Waals surface area contributed by atoms with E-state index in [0.29, 0.717) is 12.4 Å². The molecule has 0 bridgehead atoms. The minimum atomic E-state index is -3.62. The molecule has 0 spiro atoms. The van der Waals surface area contributed by atoms with Crippen LogP contribution in [0.15, 0.2) is 35.2 Å². The van der Waals surface area contributed by atoms with E-state index >= 15 is 0 Å². The highest BCUT2D eigenvalue weighted by molar-refractivity contribution is 7.92. The van der Waals surface area contributed by atoms with E-state index in [-0.39, 0.29) is 10.7 Å². The van der Waals surface area contributed by atoms with E-state index in [1.165, 1.54) is 12.1 Å². The number of aromatic amines is 1. The third kappa shape index (κ3) is 3.25. The van der Waals surface area contributed by atoms with Gasteiger partial charge in [-0.1, -0.05) is 0 Å². The van der Waals surface area contributed by atoms with Gasteiger partial charge in [0, 0.05) is 11.8 Å². The first-order valence-corrected chi connectivity index (χ1v) is 7.27. The number of aromatic nitrogens is 2. The van der Waals surface area contributed by atoms with Gasteiger partial charge in [-0.3, -0.25) is 9.82 Å². The Bertz CT molecular complexity index is 647. The van der Waals surface area contributed by atoms with E-state index in [9.17, 15) is 8.42 Å². The van der Waals surface area contributed by atoms with Gasteiger partial charge in [0.05, 0.1) is 11.5 Å². The zero-order valence-corrected chi connectivity index (χ0v) is 11.5. The van der Waals surface area contributed by atoms with Crippen molar-refractivity contribution < 1.29 is 13.2 Å². The number of hydrogen-bond donors (Lipinski definition) is 2. The quantitative estimate of drug-likeness (QED) is 0.877. The van der Waals surface area contributed by atoms with Crippen molar-refractivity contribution in [3.05, 3.63) is 36.0 Å². The Balaban J connectivity index is 2.19. The topological polar surface area (TPSA) is 84.1 Å². The van der Waals surface area contributed by atoms with Gasteiger partial charge in [0.25, 0.3) is 10.0 Å². The molecule has 1 aromatic carbocycles. The van der Waals surface area contributed by atoms with Crippen molar-refractivity contribution >= 4 is 15.8 Å². The predicted octanol–water partition coefficient (Wildman–Crippen LogP) is 1.92. The number of aryl methyl sites for hydroxylation is 1. The molecule has 0 atom stereocenters. The number of benzene rings is 1. The SMILES string of the molecule is CCOc1ccc(S(=O)(=O)Nc2cc(C)[nH]n2)cc1. The van der Waals surface area contributed by atoms with Gasteiger partial charge < -0.3 is 4.74 Å². The van der Waals surface area contributed by atoms with Gasteiger partial charge in [-0.05, 0) is 38.1 Å². The van der Waals surface area contributed by atoms with Crippen molar-refractivity contribution in [2.45, 2.75) is 18.7 Å². The number of ether oxygens (including phenoxy) is 1. The normalized spacial score (nSPS) is 11.3. The molecule has 2 N–H and O–H groups in total. The summed E-state index contributed by atoms with van der Waals surface area (Å²) in [5, 5.41) is 6.51. The van der Waals surface area contributed by atoms with Crippen LogP contribution in [0, 0.1) is 6.92 Å². The molecule has 0 amide bonds. The summed E-state index contributed by atoms with van der Waals surface area (Å²) in [6.45, 7) is 4.20. The third-order valence-electron chi connectivity index (χ3n) is 2.39. The number of anilines is 1. The molecule has 0 fully saturated rings. The first kappa shape index (κ1) is 13.4. The van der Waals surface area contributed by atoms with Gasteiger partial charge >= 0.3 is 0 Å². The summed E-state index contributed by atoms with van der Waals surface area (Å²) in [7, 11) is -3.62. The Labute approximate surface area is 111 Å². The van der Waals surface area contributed by atoms with Gasteiger partial charge in [-0.15, -0.1) is 0 Å². The van der Waals surface area contributed by atoms with Gasteiger partial charge in [0.2, 0.25) is 0 Å². The zero-order chi connectivity index (χ0) is 13.9. The van der Waals surface area contributed by atoms with Crippen molar-refractivity contribution in [2.75, 3.05) is 11.3 Å². The highest BCUT2D eigenvalue weighted by Crippen LogP contribution is 2.18. The van der Waals surface area contributed by atoms with E-state index < -0.39 is 10.0 Å². The molecule has 0 aliphatic rings. The van der Waals surface area contributed by atoms with Crippen LogP contribution in [-0.2, 0) is 10.0 Å². The molecule has 1 heterocycles. The largest absolute Gasteiger partial charge is 0.494 e. The van der Waals surface area contributed by atoms with Gasteiger partial charge in [-0.2, -0.15) is 5.10 Å². The maximum Gasteiger partial charge on any atom is 0.263 e. The lowest BCUT2D eigenvalue weighted by Crippen LogP contribution is -2.13. The monoisotopic (exact) mass is 281 g/mol. The molecule has 19 heavy (non-hydrogen) atoms. The molecule has 1 aromatic heterocycles.